The van der Waals surface area contributed by atoms with Crippen LogP contribution in [0.1, 0.15) is 13.3 Å². The van der Waals surface area contributed by atoms with Gasteiger partial charge in [0.25, 0.3) is 0 Å². The minimum absolute atomic E-state index is 0.0139. The van der Waals surface area contributed by atoms with Crippen molar-refractivity contribution in [1.29, 1.82) is 0 Å². The summed E-state index contributed by atoms with van der Waals surface area (Å²) in [7, 11) is 0. The van der Waals surface area contributed by atoms with Crippen LogP contribution in [0.15, 0.2) is 0 Å². The largest absolute Gasteiger partial charge is 0.396 e. The second-order valence-corrected chi connectivity index (χ2v) is 2.30. The van der Waals surface area contributed by atoms with Crippen LogP contribution in [0.25, 0.3) is 0 Å². The Labute approximate surface area is 49.5 Å². The van der Waals surface area contributed by atoms with E-state index in [1.165, 1.54) is 0 Å². The summed E-state index contributed by atoms with van der Waals surface area (Å²) in [4.78, 5) is 0. The number of hydrogen-bond donors (Lipinski definition) is 1. The quantitative estimate of drug-likeness (QED) is 0.570. The van der Waals surface area contributed by atoms with Crippen LogP contribution in [0.5, 0.6) is 0 Å². The van der Waals surface area contributed by atoms with E-state index >= 15 is 0 Å². The summed E-state index contributed by atoms with van der Waals surface area (Å²) in [5.74, 6) is 0. The number of ether oxygens (including phenoxy) is 1. The number of aliphatic hydroxyl groups excluding tert-OH is 1. The summed E-state index contributed by atoms with van der Waals surface area (Å²) < 4.78 is 4.84. The minimum Gasteiger partial charge on any atom is -0.396 e. The third-order valence-electron chi connectivity index (χ3n) is 1.72. The fourth-order valence-electron chi connectivity index (χ4n) is 0.699. The Bertz CT molecular complexity index is 63.1. The lowest BCUT2D eigenvalue weighted by Gasteiger charge is -2.38. The average Bonchev–Trinajstić information content (AvgIpc) is 1.67. The molecule has 47 valence electrons. The summed E-state index contributed by atoms with van der Waals surface area (Å²) in [5.41, 5.74) is 0.0139. The van der Waals surface area contributed by atoms with E-state index < -0.39 is 0 Å². The molecular weight excluding hydrogens is 104 g/mol. The lowest BCUT2D eigenvalue weighted by atomic mass is 9.84. The van der Waals surface area contributed by atoms with Crippen molar-refractivity contribution in [3.8, 4) is 0 Å². The average molecular weight is 115 g/mol. The Balaban J connectivity index is 2.33. The molecule has 1 radical (unpaired) electrons. The third-order valence-corrected chi connectivity index (χ3v) is 1.72. The molecule has 1 rings (SSSR count). The van der Waals surface area contributed by atoms with E-state index in [0.29, 0.717) is 6.61 Å². The predicted molar refractivity (Wildman–Crippen MR) is 30.1 cm³/mol. The van der Waals surface area contributed by atoms with Crippen molar-refractivity contribution >= 4 is 0 Å². The molecule has 0 saturated carbocycles. The highest BCUT2D eigenvalue weighted by molar-refractivity contribution is 4.92. The molecule has 2 nitrogen and oxygen atoms in total. The van der Waals surface area contributed by atoms with Crippen molar-refractivity contribution in [3.05, 3.63) is 6.61 Å². The topological polar surface area (TPSA) is 29.5 Å². The summed E-state index contributed by atoms with van der Waals surface area (Å²) in [5, 5.41) is 8.73. The Morgan fingerprint density at radius 3 is 2.50 bits per heavy atom. The standard InChI is InChI=1S/C6H11O2/c1-2-6(3-7)4-8-5-6/h4,7H,2-3,5H2,1H3. The van der Waals surface area contributed by atoms with Gasteiger partial charge in [0.05, 0.1) is 19.8 Å². The predicted octanol–water partition coefficient (Wildman–Crippen LogP) is 0.567. The molecule has 1 aliphatic rings. The third kappa shape index (κ3) is 0.740. The van der Waals surface area contributed by atoms with Gasteiger partial charge in [0, 0.05) is 5.41 Å². The van der Waals surface area contributed by atoms with Crippen molar-refractivity contribution in [2.45, 2.75) is 13.3 Å². The highest BCUT2D eigenvalue weighted by Gasteiger charge is 2.36. The zero-order valence-corrected chi connectivity index (χ0v) is 5.05. The first-order valence-corrected chi connectivity index (χ1v) is 2.90. The van der Waals surface area contributed by atoms with Gasteiger partial charge in [-0.05, 0) is 6.42 Å². The summed E-state index contributed by atoms with van der Waals surface area (Å²) >= 11 is 0. The van der Waals surface area contributed by atoms with Gasteiger partial charge in [-0.3, -0.25) is 0 Å². The maximum atomic E-state index is 8.73. The molecule has 1 fully saturated rings. The van der Waals surface area contributed by atoms with Crippen LogP contribution in [0.3, 0.4) is 0 Å². The molecule has 0 aromatic rings. The summed E-state index contributed by atoms with van der Waals surface area (Å²) in [6.07, 6.45) is 0.976. The molecule has 0 aliphatic carbocycles. The number of rotatable bonds is 2. The van der Waals surface area contributed by atoms with Gasteiger partial charge in [0.1, 0.15) is 0 Å². The molecule has 1 aliphatic heterocycles. The maximum absolute atomic E-state index is 8.73. The van der Waals surface area contributed by atoms with Crippen LogP contribution in [-0.2, 0) is 4.74 Å². The van der Waals surface area contributed by atoms with Gasteiger partial charge in [-0.2, -0.15) is 0 Å². The zero-order chi connectivity index (χ0) is 6.04. The Hall–Kier alpha value is -0.0800. The molecule has 0 aromatic heterocycles. The second-order valence-electron chi connectivity index (χ2n) is 2.30. The second kappa shape index (κ2) is 2.03. The zero-order valence-electron chi connectivity index (χ0n) is 5.05. The molecule has 0 aromatic carbocycles. The SMILES string of the molecule is CCC1(CO)[CH]OC1. The van der Waals surface area contributed by atoms with Crippen molar-refractivity contribution in [2.24, 2.45) is 5.41 Å². The maximum Gasteiger partial charge on any atom is 0.0944 e. The summed E-state index contributed by atoms with van der Waals surface area (Å²) in [6.45, 7) is 4.70. The lowest BCUT2D eigenvalue weighted by molar-refractivity contribution is -0.0814. The van der Waals surface area contributed by atoms with E-state index in [0.717, 1.165) is 6.42 Å². The lowest BCUT2D eigenvalue weighted by Crippen LogP contribution is -2.40. The first-order valence-electron chi connectivity index (χ1n) is 2.90. The van der Waals surface area contributed by atoms with Crippen molar-refractivity contribution in [3.63, 3.8) is 0 Å². The molecule has 2 heteroatoms. The van der Waals surface area contributed by atoms with Gasteiger partial charge in [-0.15, -0.1) is 0 Å². The van der Waals surface area contributed by atoms with Crippen LogP contribution in [0.2, 0.25) is 0 Å². The summed E-state index contributed by atoms with van der Waals surface area (Å²) in [6, 6.07) is 0. The molecule has 1 heterocycles. The number of aliphatic hydroxyl groups is 1. The Kier molecular flexibility index (Phi) is 1.54. The van der Waals surface area contributed by atoms with E-state index in [1.54, 1.807) is 6.61 Å². The molecule has 0 amide bonds. The van der Waals surface area contributed by atoms with E-state index in [4.69, 9.17) is 9.84 Å². The van der Waals surface area contributed by atoms with Crippen LogP contribution in [0.4, 0.5) is 0 Å². The van der Waals surface area contributed by atoms with Crippen LogP contribution < -0.4 is 0 Å². The molecule has 0 spiro atoms. The van der Waals surface area contributed by atoms with Crippen LogP contribution in [-0.4, -0.2) is 18.3 Å². The molecule has 1 N–H and O–H groups in total. The van der Waals surface area contributed by atoms with E-state index in [2.05, 4.69) is 6.92 Å². The molecule has 1 unspecified atom stereocenters. The molecule has 1 atom stereocenters. The van der Waals surface area contributed by atoms with Gasteiger partial charge in [0.2, 0.25) is 0 Å². The fourth-order valence-corrected chi connectivity index (χ4v) is 0.699. The Morgan fingerprint density at radius 2 is 2.50 bits per heavy atom. The first-order chi connectivity index (χ1) is 3.83. The van der Waals surface area contributed by atoms with Crippen molar-refractivity contribution < 1.29 is 9.84 Å². The van der Waals surface area contributed by atoms with Gasteiger partial charge in [-0.1, -0.05) is 6.92 Å². The van der Waals surface area contributed by atoms with Gasteiger partial charge in [0.15, 0.2) is 0 Å². The molecular formula is C6H11O2. The first kappa shape index (κ1) is 6.05. The smallest absolute Gasteiger partial charge is 0.0944 e. The van der Waals surface area contributed by atoms with Crippen LogP contribution >= 0.6 is 0 Å². The molecule has 0 bridgehead atoms. The molecule has 1 saturated heterocycles. The Morgan fingerprint density at radius 1 is 1.88 bits per heavy atom. The van der Waals surface area contributed by atoms with Gasteiger partial charge in [-0.25, -0.2) is 0 Å². The monoisotopic (exact) mass is 115 g/mol. The molecule has 8 heavy (non-hydrogen) atoms. The van der Waals surface area contributed by atoms with E-state index in [-0.39, 0.29) is 12.0 Å². The van der Waals surface area contributed by atoms with E-state index in [9.17, 15) is 0 Å². The fraction of sp³-hybridized carbons (Fsp3) is 0.833. The van der Waals surface area contributed by atoms with E-state index in [1.807, 2.05) is 0 Å². The highest BCUT2D eigenvalue weighted by atomic mass is 16.5. The minimum atomic E-state index is 0.0139. The van der Waals surface area contributed by atoms with Crippen LogP contribution in [0, 0.1) is 12.0 Å². The normalized spacial score (nSPS) is 24.8. The van der Waals surface area contributed by atoms with Gasteiger partial charge >= 0.3 is 0 Å². The highest BCUT2D eigenvalue weighted by Crippen LogP contribution is 2.34. The van der Waals surface area contributed by atoms with Crippen molar-refractivity contribution in [1.82, 2.24) is 0 Å². The van der Waals surface area contributed by atoms with Gasteiger partial charge < -0.3 is 9.84 Å². The van der Waals surface area contributed by atoms with Crippen molar-refractivity contribution in [2.75, 3.05) is 13.2 Å². The number of hydrogen-bond acceptors (Lipinski definition) is 2.